The zero-order chi connectivity index (χ0) is 18.7. The van der Waals surface area contributed by atoms with Crippen LogP contribution in [-0.4, -0.2) is 10.2 Å². The van der Waals surface area contributed by atoms with Gasteiger partial charge in [0.1, 0.15) is 11.5 Å². The first kappa shape index (κ1) is 18.1. The predicted octanol–water partition coefficient (Wildman–Crippen LogP) is 6.28. The molecular formula is C24H26O2. The van der Waals surface area contributed by atoms with Crippen molar-refractivity contribution in [3.8, 4) is 11.5 Å². The van der Waals surface area contributed by atoms with Gasteiger partial charge in [0, 0.05) is 11.5 Å². The van der Waals surface area contributed by atoms with Gasteiger partial charge in [0.15, 0.2) is 0 Å². The Hall–Kier alpha value is -2.74. The van der Waals surface area contributed by atoms with E-state index in [2.05, 4.69) is 19.6 Å². The number of phenols is 2. The summed E-state index contributed by atoms with van der Waals surface area (Å²) >= 11 is 0. The molecule has 0 saturated heterocycles. The lowest BCUT2D eigenvalue weighted by Crippen LogP contribution is -2.17. The van der Waals surface area contributed by atoms with Crippen molar-refractivity contribution < 1.29 is 10.2 Å². The first-order chi connectivity index (χ1) is 12.5. The van der Waals surface area contributed by atoms with Gasteiger partial charge in [-0.3, -0.25) is 0 Å². The molecule has 3 rings (SSSR count). The number of aromatic hydroxyl groups is 2. The Morgan fingerprint density at radius 2 is 1.65 bits per heavy atom. The molecule has 1 aliphatic carbocycles. The lowest BCUT2D eigenvalue weighted by Gasteiger charge is -2.31. The highest BCUT2D eigenvalue weighted by molar-refractivity contribution is 5.72. The van der Waals surface area contributed by atoms with E-state index in [1.54, 1.807) is 12.1 Å². The summed E-state index contributed by atoms with van der Waals surface area (Å²) in [5.41, 5.74) is 4.83. The topological polar surface area (TPSA) is 40.5 Å². The van der Waals surface area contributed by atoms with Gasteiger partial charge in [-0.15, -0.1) is 0 Å². The van der Waals surface area contributed by atoms with Crippen molar-refractivity contribution in [3.05, 3.63) is 83.0 Å². The highest BCUT2D eigenvalue weighted by atomic mass is 16.3. The Morgan fingerprint density at radius 3 is 2.27 bits per heavy atom. The molecule has 0 unspecified atom stereocenters. The van der Waals surface area contributed by atoms with Crippen LogP contribution in [0.2, 0.25) is 0 Å². The van der Waals surface area contributed by atoms with Gasteiger partial charge in [-0.05, 0) is 55.9 Å². The molecule has 134 valence electrons. The van der Waals surface area contributed by atoms with Crippen molar-refractivity contribution >= 4 is 12.2 Å². The maximum absolute atomic E-state index is 10.7. The van der Waals surface area contributed by atoms with Crippen LogP contribution in [0.15, 0.2) is 66.3 Å². The third-order valence-electron chi connectivity index (χ3n) is 5.14. The molecule has 2 heteroatoms. The van der Waals surface area contributed by atoms with Crippen LogP contribution in [0.5, 0.6) is 11.5 Å². The molecule has 0 heterocycles. The Morgan fingerprint density at radius 1 is 1.04 bits per heavy atom. The Kier molecular flexibility index (Phi) is 5.32. The molecule has 2 nitrogen and oxygen atoms in total. The van der Waals surface area contributed by atoms with Crippen molar-refractivity contribution in [2.75, 3.05) is 0 Å². The van der Waals surface area contributed by atoms with Crippen LogP contribution in [-0.2, 0) is 0 Å². The van der Waals surface area contributed by atoms with E-state index in [0.29, 0.717) is 5.56 Å². The predicted molar refractivity (Wildman–Crippen MR) is 109 cm³/mol. The summed E-state index contributed by atoms with van der Waals surface area (Å²) in [5.74, 6) is 0.481. The Labute approximate surface area is 155 Å². The van der Waals surface area contributed by atoms with Gasteiger partial charge < -0.3 is 10.2 Å². The highest BCUT2D eigenvalue weighted by Crippen LogP contribution is 2.46. The van der Waals surface area contributed by atoms with Crippen molar-refractivity contribution in [1.29, 1.82) is 0 Å². The zero-order valence-electron chi connectivity index (χ0n) is 15.4. The number of rotatable bonds is 4. The molecule has 0 saturated carbocycles. The van der Waals surface area contributed by atoms with Crippen LogP contribution < -0.4 is 0 Å². The van der Waals surface area contributed by atoms with Crippen LogP contribution in [0.25, 0.3) is 12.2 Å². The molecular weight excluding hydrogens is 320 g/mol. The molecule has 2 atom stereocenters. The van der Waals surface area contributed by atoms with Crippen molar-refractivity contribution in [3.63, 3.8) is 0 Å². The lowest BCUT2D eigenvalue weighted by atomic mass is 9.73. The van der Waals surface area contributed by atoms with E-state index in [4.69, 9.17) is 0 Å². The Bertz CT molecular complexity index is 836. The number of hydrogen-bond donors (Lipinski definition) is 2. The molecule has 0 amide bonds. The molecule has 2 aromatic carbocycles. The second-order valence-electron chi connectivity index (χ2n) is 7.25. The monoisotopic (exact) mass is 346 g/mol. The van der Waals surface area contributed by atoms with Gasteiger partial charge in [0.2, 0.25) is 0 Å². The number of allylic oxidation sites excluding steroid dienone is 3. The molecule has 0 aromatic heterocycles. The molecule has 0 fully saturated rings. The minimum atomic E-state index is -0.0339. The molecule has 1 aliphatic rings. The molecule has 0 aliphatic heterocycles. The van der Waals surface area contributed by atoms with Crippen LogP contribution in [0, 0.1) is 5.92 Å². The standard InChI is InChI=1S/C24H26O2/c1-16(2)20-12-9-17(3)13-21(20)24-22(25)14-19(15-23(24)26)11-10-18-7-5-4-6-8-18/h4-8,10-11,13-15,20-21,25-26H,1,9,12H2,2-3H3/t20-,21+/m0/s1. The fourth-order valence-corrected chi connectivity index (χ4v) is 3.74. The van der Waals surface area contributed by atoms with E-state index in [0.717, 1.165) is 29.5 Å². The second kappa shape index (κ2) is 7.65. The lowest BCUT2D eigenvalue weighted by molar-refractivity contribution is 0.407. The maximum atomic E-state index is 10.7. The van der Waals surface area contributed by atoms with E-state index >= 15 is 0 Å². The van der Waals surface area contributed by atoms with Gasteiger partial charge in [-0.2, -0.15) is 0 Å². The molecule has 0 bridgehead atoms. The second-order valence-corrected chi connectivity index (χ2v) is 7.25. The van der Waals surface area contributed by atoms with Gasteiger partial charge in [-0.25, -0.2) is 0 Å². The van der Waals surface area contributed by atoms with Crippen LogP contribution in [0.3, 0.4) is 0 Å². The maximum Gasteiger partial charge on any atom is 0.123 e. The average molecular weight is 346 g/mol. The normalized spacial score (nSPS) is 20.2. The summed E-state index contributed by atoms with van der Waals surface area (Å²) in [5, 5.41) is 21.3. The summed E-state index contributed by atoms with van der Waals surface area (Å²) in [6.07, 6.45) is 8.06. The SMILES string of the molecule is C=C(C)[C@@H]1CCC(C)=C[C@H]1c1c(O)cc(C=Cc2ccccc2)cc1O. The number of hydrogen-bond acceptors (Lipinski definition) is 2. The first-order valence-corrected chi connectivity index (χ1v) is 9.07. The zero-order valence-corrected chi connectivity index (χ0v) is 15.4. The van der Waals surface area contributed by atoms with E-state index in [1.807, 2.05) is 49.4 Å². The van der Waals surface area contributed by atoms with E-state index < -0.39 is 0 Å². The molecule has 2 aromatic rings. The third kappa shape index (κ3) is 3.91. The smallest absolute Gasteiger partial charge is 0.123 e. The van der Waals surface area contributed by atoms with Crippen molar-refractivity contribution in [2.45, 2.75) is 32.6 Å². The summed E-state index contributed by atoms with van der Waals surface area (Å²) in [6.45, 7) is 8.24. The van der Waals surface area contributed by atoms with Gasteiger partial charge in [-0.1, -0.05) is 66.3 Å². The molecule has 0 spiro atoms. The number of benzene rings is 2. The summed E-state index contributed by atoms with van der Waals surface area (Å²) in [6, 6.07) is 13.4. The average Bonchev–Trinajstić information content (AvgIpc) is 2.60. The molecule has 0 radical (unpaired) electrons. The van der Waals surface area contributed by atoms with Crippen LogP contribution in [0.4, 0.5) is 0 Å². The fourth-order valence-electron chi connectivity index (χ4n) is 3.74. The summed E-state index contributed by atoms with van der Waals surface area (Å²) < 4.78 is 0. The minimum Gasteiger partial charge on any atom is -0.507 e. The Balaban J connectivity index is 1.95. The van der Waals surface area contributed by atoms with E-state index in [1.165, 1.54) is 5.57 Å². The van der Waals surface area contributed by atoms with Gasteiger partial charge in [0.25, 0.3) is 0 Å². The van der Waals surface area contributed by atoms with E-state index in [9.17, 15) is 10.2 Å². The fraction of sp³-hybridized carbons (Fsp3) is 0.250. The third-order valence-corrected chi connectivity index (χ3v) is 5.14. The van der Waals surface area contributed by atoms with E-state index in [-0.39, 0.29) is 23.3 Å². The van der Waals surface area contributed by atoms with Crippen LogP contribution >= 0.6 is 0 Å². The highest BCUT2D eigenvalue weighted by Gasteiger charge is 2.29. The minimum absolute atomic E-state index is 0.0339. The quantitative estimate of drug-likeness (QED) is 0.505. The van der Waals surface area contributed by atoms with Crippen LogP contribution in [0.1, 0.15) is 49.3 Å². The summed E-state index contributed by atoms with van der Waals surface area (Å²) in [7, 11) is 0. The largest absolute Gasteiger partial charge is 0.507 e. The van der Waals surface area contributed by atoms with Crippen molar-refractivity contribution in [2.24, 2.45) is 5.92 Å². The number of phenolic OH excluding ortho intramolecular Hbond substituents is 2. The van der Waals surface area contributed by atoms with Crippen molar-refractivity contribution in [1.82, 2.24) is 0 Å². The summed E-state index contributed by atoms with van der Waals surface area (Å²) in [4.78, 5) is 0. The molecule has 26 heavy (non-hydrogen) atoms. The molecule has 2 N–H and O–H groups in total. The van der Waals surface area contributed by atoms with Gasteiger partial charge >= 0.3 is 0 Å². The first-order valence-electron chi connectivity index (χ1n) is 9.07. The van der Waals surface area contributed by atoms with Gasteiger partial charge in [0.05, 0.1) is 0 Å².